The van der Waals surface area contributed by atoms with Crippen LogP contribution in [0.2, 0.25) is 10.0 Å². The van der Waals surface area contributed by atoms with E-state index in [1.807, 2.05) is 0 Å². The van der Waals surface area contributed by atoms with Crippen molar-refractivity contribution < 1.29 is 19.1 Å². The molecular formula is C13H14Cl2O4. The molecule has 19 heavy (non-hydrogen) atoms. The Hall–Kier alpha value is -1.26. The van der Waals surface area contributed by atoms with Crippen molar-refractivity contribution in [2.24, 2.45) is 0 Å². The van der Waals surface area contributed by atoms with Crippen molar-refractivity contribution in [3.63, 3.8) is 0 Å². The van der Waals surface area contributed by atoms with Crippen molar-refractivity contribution in [3.05, 3.63) is 27.7 Å². The minimum atomic E-state index is -0.341. The summed E-state index contributed by atoms with van der Waals surface area (Å²) in [4.78, 5) is 22.9. The zero-order valence-corrected chi connectivity index (χ0v) is 12.2. The lowest BCUT2D eigenvalue weighted by Gasteiger charge is -2.08. The summed E-state index contributed by atoms with van der Waals surface area (Å²) >= 11 is 12.0. The summed E-state index contributed by atoms with van der Waals surface area (Å²) in [5.74, 6) is -0.0945. The van der Waals surface area contributed by atoms with E-state index in [1.54, 1.807) is 12.1 Å². The van der Waals surface area contributed by atoms with Gasteiger partial charge in [-0.3, -0.25) is 9.59 Å². The molecule has 6 heteroatoms. The maximum Gasteiger partial charge on any atom is 0.305 e. The average Bonchev–Trinajstić information content (AvgIpc) is 2.41. The molecule has 0 bridgehead atoms. The van der Waals surface area contributed by atoms with Crippen molar-refractivity contribution in [3.8, 4) is 5.75 Å². The van der Waals surface area contributed by atoms with E-state index in [1.165, 1.54) is 14.2 Å². The first-order valence-corrected chi connectivity index (χ1v) is 6.38. The van der Waals surface area contributed by atoms with Crippen LogP contribution in [0.3, 0.4) is 0 Å². The number of carbonyl (C=O) groups is 2. The Morgan fingerprint density at radius 3 is 2.37 bits per heavy atom. The summed E-state index contributed by atoms with van der Waals surface area (Å²) in [6, 6.07) is 3.15. The third-order valence-corrected chi connectivity index (χ3v) is 3.44. The Labute approximate surface area is 121 Å². The van der Waals surface area contributed by atoms with Gasteiger partial charge in [0, 0.05) is 18.4 Å². The lowest BCUT2D eigenvalue weighted by Crippen LogP contribution is -2.04. The standard InChI is InChI=1S/C13H14Cl2O4/c1-18-10-7-6-8(12(14)13(10)15)9(16)4-3-5-11(17)19-2/h6-7H,3-5H2,1-2H3. The fourth-order valence-electron chi connectivity index (χ4n) is 1.53. The van der Waals surface area contributed by atoms with E-state index in [0.717, 1.165) is 0 Å². The molecule has 0 aliphatic carbocycles. The summed E-state index contributed by atoms with van der Waals surface area (Å²) in [6.45, 7) is 0. The van der Waals surface area contributed by atoms with Crippen LogP contribution in [0, 0.1) is 0 Å². The molecule has 0 heterocycles. The molecule has 0 amide bonds. The summed E-state index contributed by atoms with van der Waals surface area (Å²) in [5.41, 5.74) is 0.331. The molecule has 1 rings (SSSR count). The zero-order chi connectivity index (χ0) is 14.4. The van der Waals surface area contributed by atoms with Crippen molar-refractivity contribution in [1.29, 1.82) is 0 Å². The number of rotatable bonds is 6. The molecule has 1 aromatic carbocycles. The number of carbonyl (C=O) groups excluding carboxylic acids is 2. The molecular weight excluding hydrogens is 291 g/mol. The summed E-state index contributed by atoms with van der Waals surface area (Å²) in [5, 5.41) is 0.382. The Kier molecular flexibility index (Phi) is 6.12. The van der Waals surface area contributed by atoms with Crippen LogP contribution in [0.5, 0.6) is 5.75 Å². The van der Waals surface area contributed by atoms with E-state index in [4.69, 9.17) is 27.9 Å². The van der Waals surface area contributed by atoms with Gasteiger partial charge in [-0.25, -0.2) is 0 Å². The number of ketones is 1. The normalized spacial score (nSPS) is 10.1. The summed E-state index contributed by atoms with van der Waals surface area (Å²) in [7, 11) is 2.78. The highest BCUT2D eigenvalue weighted by atomic mass is 35.5. The molecule has 0 fully saturated rings. The Morgan fingerprint density at radius 2 is 1.79 bits per heavy atom. The molecule has 0 unspecified atom stereocenters. The molecule has 0 atom stereocenters. The van der Waals surface area contributed by atoms with Crippen molar-refractivity contribution >= 4 is 35.0 Å². The van der Waals surface area contributed by atoms with Crippen LogP contribution in [0.25, 0.3) is 0 Å². The van der Waals surface area contributed by atoms with E-state index < -0.39 is 0 Å². The summed E-state index contributed by atoms with van der Waals surface area (Å²) in [6.07, 6.45) is 0.812. The molecule has 0 aromatic heterocycles. The lowest BCUT2D eigenvalue weighted by atomic mass is 10.1. The fraction of sp³-hybridized carbons (Fsp3) is 0.385. The molecule has 0 aliphatic heterocycles. The number of benzene rings is 1. The molecule has 0 aliphatic rings. The number of ether oxygens (including phenoxy) is 2. The van der Waals surface area contributed by atoms with Crippen LogP contribution in [0.1, 0.15) is 29.6 Å². The van der Waals surface area contributed by atoms with Crippen LogP contribution in [0.15, 0.2) is 12.1 Å². The Balaban J connectivity index is 2.73. The van der Waals surface area contributed by atoms with Gasteiger partial charge in [0.2, 0.25) is 0 Å². The van der Waals surface area contributed by atoms with Gasteiger partial charge in [-0.1, -0.05) is 23.2 Å². The second kappa shape index (κ2) is 7.36. The van der Waals surface area contributed by atoms with E-state index in [-0.39, 0.29) is 34.6 Å². The molecule has 0 saturated carbocycles. The van der Waals surface area contributed by atoms with Crippen LogP contribution < -0.4 is 4.74 Å². The minimum Gasteiger partial charge on any atom is -0.495 e. The highest BCUT2D eigenvalue weighted by molar-refractivity contribution is 6.44. The van der Waals surface area contributed by atoms with Crippen LogP contribution in [0.4, 0.5) is 0 Å². The minimum absolute atomic E-state index is 0.168. The number of hydrogen-bond acceptors (Lipinski definition) is 4. The molecule has 104 valence electrons. The number of Topliss-reactive ketones (excluding diaryl/α,β-unsaturated/α-hetero) is 1. The molecule has 1 aromatic rings. The van der Waals surface area contributed by atoms with Gasteiger partial charge in [0.15, 0.2) is 5.78 Å². The first-order valence-electron chi connectivity index (χ1n) is 5.63. The quantitative estimate of drug-likeness (QED) is 0.596. The van der Waals surface area contributed by atoms with Gasteiger partial charge in [-0.2, -0.15) is 0 Å². The van der Waals surface area contributed by atoms with Gasteiger partial charge in [-0.15, -0.1) is 0 Å². The number of halogens is 2. The number of hydrogen-bond donors (Lipinski definition) is 0. The molecule has 0 N–H and O–H groups in total. The maximum atomic E-state index is 12.0. The third kappa shape index (κ3) is 4.11. The molecule has 0 saturated heterocycles. The highest BCUT2D eigenvalue weighted by Crippen LogP contribution is 2.35. The van der Waals surface area contributed by atoms with Gasteiger partial charge in [0.25, 0.3) is 0 Å². The first kappa shape index (κ1) is 15.8. The number of methoxy groups -OCH3 is 2. The van der Waals surface area contributed by atoms with Crippen LogP contribution in [-0.4, -0.2) is 26.0 Å². The monoisotopic (exact) mass is 304 g/mol. The van der Waals surface area contributed by atoms with Crippen molar-refractivity contribution in [2.75, 3.05) is 14.2 Å². The predicted octanol–water partition coefficient (Wildman–Crippen LogP) is 3.53. The van der Waals surface area contributed by atoms with Crippen LogP contribution in [-0.2, 0) is 9.53 Å². The second-order valence-electron chi connectivity index (χ2n) is 3.80. The van der Waals surface area contributed by atoms with Crippen LogP contribution >= 0.6 is 23.2 Å². The van der Waals surface area contributed by atoms with Gasteiger partial charge in [-0.05, 0) is 18.6 Å². The fourth-order valence-corrected chi connectivity index (χ4v) is 2.04. The number of esters is 1. The van der Waals surface area contributed by atoms with E-state index in [2.05, 4.69) is 4.74 Å². The smallest absolute Gasteiger partial charge is 0.305 e. The maximum absolute atomic E-state index is 12.0. The molecule has 0 radical (unpaired) electrons. The SMILES string of the molecule is COC(=O)CCCC(=O)c1ccc(OC)c(Cl)c1Cl. The zero-order valence-electron chi connectivity index (χ0n) is 10.7. The Bertz CT molecular complexity index is 486. The molecule has 4 nitrogen and oxygen atoms in total. The topological polar surface area (TPSA) is 52.6 Å². The van der Waals surface area contributed by atoms with E-state index in [0.29, 0.717) is 17.7 Å². The summed E-state index contributed by atoms with van der Waals surface area (Å²) < 4.78 is 9.50. The van der Waals surface area contributed by atoms with Crippen molar-refractivity contribution in [1.82, 2.24) is 0 Å². The Morgan fingerprint density at radius 1 is 1.11 bits per heavy atom. The average molecular weight is 305 g/mol. The van der Waals surface area contributed by atoms with Gasteiger partial charge < -0.3 is 9.47 Å². The molecule has 0 spiro atoms. The van der Waals surface area contributed by atoms with Gasteiger partial charge in [0.1, 0.15) is 10.8 Å². The van der Waals surface area contributed by atoms with Gasteiger partial charge >= 0.3 is 5.97 Å². The van der Waals surface area contributed by atoms with E-state index in [9.17, 15) is 9.59 Å². The highest BCUT2D eigenvalue weighted by Gasteiger charge is 2.16. The van der Waals surface area contributed by atoms with Gasteiger partial charge in [0.05, 0.1) is 19.2 Å². The third-order valence-electron chi connectivity index (χ3n) is 2.58. The lowest BCUT2D eigenvalue weighted by molar-refractivity contribution is -0.140. The largest absolute Gasteiger partial charge is 0.495 e. The van der Waals surface area contributed by atoms with Crippen molar-refractivity contribution in [2.45, 2.75) is 19.3 Å². The van der Waals surface area contributed by atoms with E-state index >= 15 is 0 Å². The first-order chi connectivity index (χ1) is 9.01. The second-order valence-corrected chi connectivity index (χ2v) is 4.55. The predicted molar refractivity (Wildman–Crippen MR) is 73.2 cm³/mol.